The number of methoxy groups -OCH3 is 1. The van der Waals surface area contributed by atoms with Crippen LogP contribution in [0.1, 0.15) is 110 Å². The van der Waals surface area contributed by atoms with E-state index in [9.17, 15) is 28.2 Å². The van der Waals surface area contributed by atoms with Crippen LogP contribution in [0.4, 0.5) is 4.79 Å². The van der Waals surface area contributed by atoms with E-state index in [4.69, 9.17) is 23.7 Å². The number of aliphatic hydroxyl groups excluding tert-OH is 1. The maximum Gasteiger partial charge on any atom is 0.407 e. The largest absolute Gasteiger partial charge is 0.497 e. The predicted molar refractivity (Wildman–Crippen MR) is 236 cm³/mol. The third kappa shape index (κ3) is 10.4. The van der Waals surface area contributed by atoms with E-state index in [2.05, 4.69) is 19.2 Å². The summed E-state index contributed by atoms with van der Waals surface area (Å²) in [6, 6.07) is 12.7. The van der Waals surface area contributed by atoms with Crippen molar-refractivity contribution in [3.63, 3.8) is 0 Å². The lowest BCUT2D eigenvalue weighted by molar-refractivity contribution is -0.181. The molecule has 4 aliphatic rings. The maximum absolute atomic E-state index is 14.0. The Kier molecular flexibility index (Phi) is 14.3. The second-order valence-corrected chi connectivity index (χ2v) is 22.0. The number of carboxylic acids is 1. The number of alkyl carbamates (subject to hydrolysis) is 1. The molecule has 7 rings (SSSR count). The van der Waals surface area contributed by atoms with E-state index in [-0.39, 0.29) is 60.1 Å². The molecule has 0 radical (unpaired) electrons. The van der Waals surface area contributed by atoms with Crippen molar-refractivity contribution in [1.29, 1.82) is 0 Å². The number of rotatable bonds is 17. The molecule has 1 saturated carbocycles. The van der Waals surface area contributed by atoms with Crippen LogP contribution < -0.4 is 14.8 Å². The summed E-state index contributed by atoms with van der Waals surface area (Å²) in [4.78, 5) is 28.6. The predicted octanol–water partition coefficient (Wildman–Crippen LogP) is 7.82. The molecule has 2 aromatic carbocycles. The topological polar surface area (TPSA) is 170 Å². The molecule has 0 unspecified atom stereocenters. The Morgan fingerprint density at radius 2 is 1.69 bits per heavy atom. The van der Waals surface area contributed by atoms with Crippen molar-refractivity contribution in [3.05, 3.63) is 75.0 Å². The minimum atomic E-state index is -4.04. The molecule has 2 aliphatic heterocycles. The van der Waals surface area contributed by atoms with Gasteiger partial charge in [-0.25, -0.2) is 18.0 Å². The van der Waals surface area contributed by atoms with Gasteiger partial charge in [-0.3, -0.25) is 0 Å². The highest BCUT2D eigenvalue weighted by molar-refractivity contribution is 7.89. The molecule has 3 heterocycles. The number of fused-ring (bicyclic) bond motifs is 2. The van der Waals surface area contributed by atoms with E-state index in [1.165, 1.54) is 28.4 Å². The van der Waals surface area contributed by atoms with Gasteiger partial charge in [0, 0.05) is 34.7 Å². The van der Waals surface area contributed by atoms with Crippen molar-refractivity contribution in [2.75, 3.05) is 40.0 Å². The lowest BCUT2D eigenvalue weighted by Crippen LogP contribution is -2.51. The first-order chi connectivity index (χ1) is 29.5. The number of sulfonamides is 1. The van der Waals surface area contributed by atoms with Gasteiger partial charge >= 0.3 is 12.1 Å². The molecule has 340 valence electrons. The van der Waals surface area contributed by atoms with Crippen LogP contribution in [0.5, 0.6) is 11.5 Å². The number of benzene rings is 2. The minimum Gasteiger partial charge on any atom is -0.497 e. The average Bonchev–Trinajstić information content (AvgIpc) is 3.90. The zero-order valence-corrected chi connectivity index (χ0v) is 38.5. The van der Waals surface area contributed by atoms with Crippen molar-refractivity contribution in [2.45, 2.75) is 127 Å². The van der Waals surface area contributed by atoms with Crippen molar-refractivity contribution in [2.24, 2.45) is 23.2 Å². The minimum absolute atomic E-state index is 0.0596. The van der Waals surface area contributed by atoms with Crippen molar-refractivity contribution >= 4 is 33.4 Å². The Morgan fingerprint density at radius 3 is 2.39 bits per heavy atom. The normalized spacial score (nSPS) is 25.5. The first-order valence-corrected chi connectivity index (χ1v) is 24.4. The number of nitrogens with one attached hydrogen (secondary N) is 1. The molecule has 3 aromatic rings. The second-order valence-electron chi connectivity index (χ2n) is 18.9. The fraction of sp³-hybridized carbons (Fsp3) is 0.617. The van der Waals surface area contributed by atoms with Gasteiger partial charge in [-0.2, -0.15) is 4.31 Å². The van der Waals surface area contributed by atoms with Gasteiger partial charge in [0.05, 0.1) is 55.5 Å². The molecule has 2 aliphatic carbocycles. The smallest absolute Gasteiger partial charge is 0.407 e. The Morgan fingerprint density at radius 1 is 0.984 bits per heavy atom. The highest BCUT2D eigenvalue weighted by Crippen LogP contribution is 2.48. The third-order valence-electron chi connectivity index (χ3n) is 13.3. The number of hydrogen-bond acceptors (Lipinski definition) is 11. The summed E-state index contributed by atoms with van der Waals surface area (Å²) in [7, 11) is -2.54. The highest BCUT2D eigenvalue weighted by atomic mass is 32.2. The van der Waals surface area contributed by atoms with Gasteiger partial charge in [0.25, 0.3) is 0 Å². The summed E-state index contributed by atoms with van der Waals surface area (Å²) in [5.41, 5.74) is 2.43. The Bertz CT molecular complexity index is 2140. The highest BCUT2D eigenvalue weighted by Gasteiger charge is 2.53. The first-order valence-electron chi connectivity index (χ1n) is 22.1. The lowest BCUT2D eigenvalue weighted by atomic mass is 9.74. The first kappa shape index (κ1) is 46.3. The number of aliphatic hydroxyl groups is 1. The van der Waals surface area contributed by atoms with E-state index in [0.29, 0.717) is 36.7 Å². The van der Waals surface area contributed by atoms with Gasteiger partial charge in [-0.1, -0.05) is 52.7 Å². The van der Waals surface area contributed by atoms with Crippen LogP contribution in [0.3, 0.4) is 0 Å². The molecule has 7 atom stereocenters. The lowest BCUT2D eigenvalue weighted by Gasteiger charge is -2.32. The van der Waals surface area contributed by atoms with Crippen LogP contribution in [0.15, 0.2) is 53.4 Å². The van der Waals surface area contributed by atoms with Crippen LogP contribution in [-0.2, 0) is 43.5 Å². The zero-order chi connectivity index (χ0) is 44.4. The Hall–Kier alpha value is -3.73. The standard InChI is InChI=1S/C47H64N2O11S2/c1-29(2)25-49(62(54,55)34-17-15-32(56-6)16-18-34)26-39(50)38(48-45(53)60-40-28-59-47(5)37(40)20-22-58-47)23-30-11-13-33(14-12-30)57-27-31-9-7-8-10-35(31)43-42(44(51)52)36-24-46(3,4)21-19-41(36)61-43/h11-18,29,31,35,37-40,50H,7-10,19-28H2,1-6H3,(H,48,53)(H,51,52)/t31-,35-,37+,38+,39-,40+,47-/m1/s1. The summed E-state index contributed by atoms with van der Waals surface area (Å²) in [5.74, 6) is -0.369. The van der Waals surface area contributed by atoms with Crippen LogP contribution in [0.2, 0.25) is 0 Å². The van der Waals surface area contributed by atoms with E-state index in [0.717, 1.165) is 60.9 Å². The molecule has 62 heavy (non-hydrogen) atoms. The van der Waals surface area contributed by atoms with Gasteiger partial charge in [0.2, 0.25) is 10.0 Å². The zero-order valence-electron chi connectivity index (χ0n) is 36.9. The summed E-state index contributed by atoms with van der Waals surface area (Å²) < 4.78 is 58.4. The number of nitrogens with zero attached hydrogens (tertiary/aromatic N) is 1. The Labute approximate surface area is 370 Å². The molecule has 3 N–H and O–H groups in total. The number of carbonyl (C=O) groups is 2. The van der Waals surface area contributed by atoms with Crippen LogP contribution in [0.25, 0.3) is 0 Å². The molecule has 3 fully saturated rings. The molecular formula is C47H64N2O11S2. The van der Waals surface area contributed by atoms with Crippen LogP contribution in [0, 0.1) is 23.2 Å². The quantitative estimate of drug-likeness (QED) is 0.121. The summed E-state index contributed by atoms with van der Waals surface area (Å²) >= 11 is 1.71. The van der Waals surface area contributed by atoms with E-state index >= 15 is 0 Å². The van der Waals surface area contributed by atoms with Gasteiger partial charge in [0.1, 0.15) is 17.6 Å². The molecule has 2 saturated heterocycles. The average molecular weight is 897 g/mol. The number of aryl methyl sites for hydroxylation is 1. The van der Waals surface area contributed by atoms with E-state index < -0.39 is 46.1 Å². The molecule has 1 aromatic heterocycles. The number of ether oxygens (including phenoxy) is 5. The number of amides is 1. The summed E-state index contributed by atoms with van der Waals surface area (Å²) in [5, 5.41) is 25.2. The SMILES string of the molecule is COc1ccc(S(=O)(=O)N(CC(C)C)C[C@@H](O)[C@H](Cc2ccc(OC[C@H]3CCCC[C@H]3c3sc4c(c3C(=O)O)CC(C)(C)CC4)cc2)NC(=O)O[C@H]2CO[C@@]3(C)OCC[C@@H]23)cc1. The van der Waals surface area contributed by atoms with Crippen molar-refractivity contribution in [3.8, 4) is 11.5 Å². The number of carbonyl (C=O) groups excluding carboxylic acids is 1. The molecule has 1 amide bonds. The molecule has 13 nitrogen and oxygen atoms in total. The van der Waals surface area contributed by atoms with Crippen molar-refractivity contribution in [1.82, 2.24) is 9.62 Å². The number of thiophene rings is 1. The van der Waals surface area contributed by atoms with Gasteiger partial charge in [-0.15, -0.1) is 11.3 Å². The monoisotopic (exact) mass is 896 g/mol. The fourth-order valence-corrected chi connectivity index (χ4v) is 13.0. The van der Waals surface area contributed by atoms with E-state index in [1.807, 2.05) is 45.0 Å². The fourth-order valence-electron chi connectivity index (χ4n) is 9.79. The van der Waals surface area contributed by atoms with Gasteiger partial charge in [-0.05, 0) is 111 Å². The van der Waals surface area contributed by atoms with Crippen molar-refractivity contribution < 1.29 is 51.9 Å². The van der Waals surface area contributed by atoms with Gasteiger partial charge < -0.3 is 39.2 Å². The molecule has 0 bridgehead atoms. The van der Waals surface area contributed by atoms with Gasteiger partial charge in [0.15, 0.2) is 5.79 Å². The summed E-state index contributed by atoms with van der Waals surface area (Å²) in [6.45, 7) is 11.1. The van der Waals surface area contributed by atoms with E-state index in [1.54, 1.807) is 23.5 Å². The maximum atomic E-state index is 14.0. The second kappa shape index (κ2) is 19.2. The van der Waals surface area contributed by atoms with Crippen LogP contribution >= 0.6 is 11.3 Å². The molecule has 0 spiro atoms. The number of carboxylic acid groups (broad SMARTS) is 1. The number of aromatic carboxylic acids is 1. The molecular weight excluding hydrogens is 833 g/mol. The number of hydrogen-bond donors (Lipinski definition) is 3. The Balaban J connectivity index is 1.06. The third-order valence-corrected chi connectivity index (χ3v) is 16.5. The molecule has 15 heteroatoms. The van der Waals surface area contributed by atoms with Crippen LogP contribution in [-0.4, -0.2) is 99.1 Å². The summed E-state index contributed by atoms with van der Waals surface area (Å²) in [6.07, 6.45) is 5.04.